The van der Waals surface area contributed by atoms with Gasteiger partial charge < -0.3 is 4.90 Å². The zero-order valence-corrected chi connectivity index (χ0v) is 14.8. The van der Waals surface area contributed by atoms with Crippen LogP contribution in [0.25, 0.3) is 0 Å². The van der Waals surface area contributed by atoms with E-state index in [2.05, 4.69) is 36.4 Å². The lowest BCUT2D eigenvalue weighted by Gasteiger charge is -2.37. The van der Waals surface area contributed by atoms with Crippen molar-refractivity contribution in [1.82, 2.24) is 4.90 Å². The lowest BCUT2D eigenvalue weighted by molar-refractivity contribution is -0.133. The van der Waals surface area contributed by atoms with Crippen LogP contribution in [0.15, 0.2) is 91.0 Å². The van der Waals surface area contributed by atoms with Crippen LogP contribution in [0.3, 0.4) is 0 Å². The van der Waals surface area contributed by atoms with Gasteiger partial charge >= 0.3 is 0 Å². The van der Waals surface area contributed by atoms with Gasteiger partial charge in [0.15, 0.2) is 0 Å². The standard InChI is InChI=1S/C24H23NO/c26-23(25-18-10-11-19-25)24(20-12-4-1-5-13-20,21-14-6-2-7-15-21)22-16-8-3-9-17-22/h1-9,12-17H,10-11,18-19H2. The minimum Gasteiger partial charge on any atom is -0.341 e. The fraction of sp³-hybridized carbons (Fsp3) is 0.208. The number of nitrogens with zero attached hydrogens (tertiary/aromatic N) is 1. The summed E-state index contributed by atoms with van der Waals surface area (Å²) >= 11 is 0. The molecule has 0 unspecified atom stereocenters. The van der Waals surface area contributed by atoms with E-state index in [1.54, 1.807) is 0 Å². The Morgan fingerprint density at radius 1 is 0.615 bits per heavy atom. The van der Waals surface area contributed by atoms with Crippen LogP contribution in [0, 0.1) is 0 Å². The average Bonchev–Trinajstić information content (AvgIpc) is 3.26. The highest BCUT2D eigenvalue weighted by Gasteiger charge is 2.46. The molecule has 2 nitrogen and oxygen atoms in total. The summed E-state index contributed by atoms with van der Waals surface area (Å²) in [4.78, 5) is 16.0. The first-order valence-electron chi connectivity index (χ1n) is 9.29. The van der Waals surface area contributed by atoms with Gasteiger partial charge in [0.25, 0.3) is 0 Å². The Morgan fingerprint density at radius 2 is 0.962 bits per heavy atom. The minimum atomic E-state index is -0.811. The molecule has 0 bridgehead atoms. The van der Waals surface area contributed by atoms with Crippen molar-refractivity contribution in [3.8, 4) is 0 Å². The van der Waals surface area contributed by atoms with E-state index in [9.17, 15) is 4.79 Å². The van der Waals surface area contributed by atoms with Gasteiger partial charge in [0, 0.05) is 13.1 Å². The topological polar surface area (TPSA) is 20.3 Å². The molecular weight excluding hydrogens is 318 g/mol. The number of rotatable bonds is 4. The summed E-state index contributed by atoms with van der Waals surface area (Å²) in [6.45, 7) is 1.68. The quantitative estimate of drug-likeness (QED) is 0.633. The van der Waals surface area contributed by atoms with Crippen LogP contribution >= 0.6 is 0 Å². The van der Waals surface area contributed by atoms with E-state index in [1.165, 1.54) is 0 Å². The fourth-order valence-corrected chi connectivity index (χ4v) is 4.09. The summed E-state index contributed by atoms with van der Waals surface area (Å²) in [7, 11) is 0. The molecule has 1 amide bonds. The van der Waals surface area contributed by atoms with E-state index in [-0.39, 0.29) is 5.91 Å². The highest BCUT2D eigenvalue weighted by atomic mass is 16.2. The zero-order chi connectivity index (χ0) is 17.8. The maximum atomic E-state index is 14.0. The molecule has 4 rings (SSSR count). The largest absolute Gasteiger partial charge is 0.341 e. The van der Waals surface area contributed by atoms with Gasteiger partial charge in [-0.3, -0.25) is 4.79 Å². The maximum Gasteiger partial charge on any atom is 0.242 e. The third kappa shape index (κ3) is 2.72. The van der Waals surface area contributed by atoms with Crippen molar-refractivity contribution in [1.29, 1.82) is 0 Å². The molecule has 1 aliphatic heterocycles. The Balaban J connectivity index is 2.02. The van der Waals surface area contributed by atoms with Gasteiger partial charge in [0.2, 0.25) is 5.91 Å². The average molecular weight is 341 g/mol. The number of amides is 1. The number of hydrogen-bond acceptors (Lipinski definition) is 1. The Kier molecular flexibility index (Phi) is 4.57. The van der Waals surface area contributed by atoms with Crippen molar-refractivity contribution in [3.63, 3.8) is 0 Å². The van der Waals surface area contributed by atoms with Crippen LogP contribution in [0.4, 0.5) is 0 Å². The monoisotopic (exact) mass is 341 g/mol. The smallest absolute Gasteiger partial charge is 0.242 e. The van der Waals surface area contributed by atoms with Crippen molar-refractivity contribution in [2.45, 2.75) is 18.3 Å². The molecule has 0 spiro atoms. The second-order valence-electron chi connectivity index (χ2n) is 6.85. The predicted molar refractivity (Wildman–Crippen MR) is 105 cm³/mol. The number of carbonyl (C=O) groups is 1. The van der Waals surface area contributed by atoms with Gasteiger partial charge in [-0.25, -0.2) is 0 Å². The van der Waals surface area contributed by atoms with Gasteiger partial charge in [0.05, 0.1) is 0 Å². The zero-order valence-electron chi connectivity index (χ0n) is 14.8. The second kappa shape index (κ2) is 7.17. The molecule has 0 radical (unpaired) electrons. The summed E-state index contributed by atoms with van der Waals surface area (Å²) in [6.07, 6.45) is 2.17. The second-order valence-corrected chi connectivity index (χ2v) is 6.85. The van der Waals surface area contributed by atoms with Crippen molar-refractivity contribution < 1.29 is 4.79 Å². The molecule has 1 heterocycles. The van der Waals surface area contributed by atoms with E-state index in [0.717, 1.165) is 42.6 Å². The SMILES string of the molecule is O=C(N1CCCC1)C(c1ccccc1)(c1ccccc1)c1ccccc1. The van der Waals surface area contributed by atoms with E-state index in [4.69, 9.17) is 0 Å². The molecular formula is C24H23NO. The first kappa shape index (κ1) is 16.6. The molecule has 1 saturated heterocycles. The number of likely N-dealkylation sites (tertiary alicyclic amines) is 1. The molecule has 0 N–H and O–H groups in total. The lowest BCUT2D eigenvalue weighted by atomic mass is 9.68. The number of benzene rings is 3. The molecule has 2 heteroatoms. The molecule has 3 aromatic rings. The Labute approximate surface area is 155 Å². The molecule has 1 fully saturated rings. The highest BCUT2D eigenvalue weighted by molar-refractivity contribution is 5.96. The van der Waals surface area contributed by atoms with Crippen LogP contribution in [0.2, 0.25) is 0 Å². The molecule has 0 aromatic heterocycles. The highest BCUT2D eigenvalue weighted by Crippen LogP contribution is 2.41. The minimum absolute atomic E-state index is 0.179. The third-order valence-electron chi connectivity index (χ3n) is 5.33. The Morgan fingerprint density at radius 3 is 1.31 bits per heavy atom. The molecule has 0 atom stereocenters. The van der Waals surface area contributed by atoms with E-state index < -0.39 is 5.41 Å². The molecule has 130 valence electrons. The first-order chi connectivity index (χ1) is 12.8. The first-order valence-corrected chi connectivity index (χ1v) is 9.29. The van der Waals surface area contributed by atoms with Crippen molar-refractivity contribution >= 4 is 5.91 Å². The summed E-state index contributed by atoms with van der Waals surface area (Å²) < 4.78 is 0. The Hall–Kier alpha value is -2.87. The third-order valence-corrected chi connectivity index (χ3v) is 5.33. The molecule has 0 aliphatic carbocycles. The van der Waals surface area contributed by atoms with Crippen LogP contribution < -0.4 is 0 Å². The maximum absolute atomic E-state index is 14.0. The summed E-state index contributed by atoms with van der Waals surface area (Å²) in [5, 5.41) is 0. The lowest BCUT2D eigenvalue weighted by Crippen LogP contribution is -2.47. The van der Waals surface area contributed by atoms with Crippen molar-refractivity contribution in [3.05, 3.63) is 108 Å². The van der Waals surface area contributed by atoms with Crippen LogP contribution in [-0.2, 0) is 10.2 Å². The van der Waals surface area contributed by atoms with Crippen LogP contribution in [0.1, 0.15) is 29.5 Å². The van der Waals surface area contributed by atoms with Gasteiger partial charge in [-0.1, -0.05) is 91.0 Å². The van der Waals surface area contributed by atoms with Crippen molar-refractivity contribution in [2.75, 3.05) is 13.1 Å². The number of carbonyl (C=O) groups excluding carboxylic acids is 1. The van der Waals surface area contributed by atoms with E-state index in [1.807, 2.05) is 59.5 Å². The van der Waals surface area contributed by atoms with Crippen molar-refractivity contribution in [2.24, 2.45) is 0 Å². The molecule has 26 heavy (non-hydrogen) atoms. The van der Waals surface area contributed by atoms with Gasteiger partial charge in [0.1, 0.15) is 5.41 Å². The van der Waals surface area contributed by atoms with Crippen LogP contribution in [0.5, 0.6) is 0 Å². The van der Waals surface area contributed by atoms with Gasteiger partial charge in [-0.05, 0) is 29.5 Å². The summed E-state index contributed by atoms with van der Waals surface area (Å²) in [5.41, 5.74) is 2.26. The van der Waals surface area contributed by atoms with Crippen LogP contribution in [-0.4, -0.2) is 23.9 Å². The summed E-state index contributed by atoms with van der Waals surface area (Å²) in [5.74, 6) is 0.179. The molecule has 0 saturated carbocycles. The molecule has 3 aromatic carbocycles. The van der Waals surface area contributed by atoms with Gasteiger partial charge in [-0.15, -0.1) is 0 Å². The van der Waals surface area contributed by atoms with E-state index in [0.29, 0.717) is 0 Å². The summed E-state index contributed by atoms with van der Waals surface area (Å²) in [6, 6.07) is 30.6. The number of hydrogen-bond donors (Lipinski definition) is 0. The van der Waals surface area contributed by atoms with E-state index >= 15 is 0 Å². The molecule has 1 aliphatic rings. The van der Waals surface area contributed by atoms with Gasteiger partial charge in [-0.2, -0.15) is 0 Å². The fourth-order valence-electron chi connectivity index (χ4n) is 4.09. The predicted octanol–water partition coefficient (Wildman–Crippen LogP) is 4.64. The Bertz CT molecular complexity index is 756. The normalized spacial score (nSPS) is 14.4.